The van der Waals surface area contributed by atoms with Gasteiger partial charge in [0.05, 0.1) is 23.0 Å². The number of nitrogens with one attached hydrogen (secondary N) is 1. The zero-order valence-corrected chi connectivity index (χ0v) is 9.13. The molecule has 16 heavy (non-hydrogen) atoms. The Labute approximate surface area is 96.0 Å². The maximum absolute atomic E-state index is 11.7. The molecule has 2 aromatic rings. The van der Waals surface area contributed by atoms with E-state index in [2.05, 4.69) is 4.98 Å². The Morgan fingerprint density at radius 1 is 1.50 bits per heavy atom. The van der Waals surface area contributed by atoms with Crippen LogP contribution < -0.4 is 10.2 Å². The molecule has 0 spiro atoms. The first-order chi connectivity index (χ1) is 7.67. The molecule has 0 aliphatic rings. The smallest absolute Gasteiger partial charge is 0.192 e. The Kier molecular flexibility index (Phi) is 2.55. The van der Waals surface area contributed by atoms with E-state index >= 15 is 0 Å². The van der Waals surface area contributed by atoms with Gasteiger partial charge in [0.2, 0.25) is 0 Å². The van der Waals surface area contributed by atoms with Gasteiger partial charge in [0.25, 0.3) is 0 Å². The van der Waals surface area contributed by atoms with Crippen molar-refractivity contribution in [2.75, 3.05) is 7.11 Å². The van der Waals surface area contributed by atoms with Crippen molar-refractivity contribution in [1.82, 2.24) is 4.98 Å². The average molecular weight is 235 g/mol. The van der Waals surface area contributed by atoms with Gasteiger partial charge in [-0.05, 0) is 12.1 Å². The highest BCUT2D eigenvalue weighted by atomic mass is 35.5. The van der Waals surface area contributed by atoms with Gasteiger partial charge in [-0.2, -0.15) is 5.26 Å². The number of hydrogen-bond donors (Lipinski definition) is 1. The topological polar surface area (TPSA) is 65.9 Å². The fourth-order valence-corrected chi connectivity index (χ4v) is 1.78. The molecule has 1 aromatic carbocycles. The molecule has 0 aliphatic carbocycles. The molecule has 0 radical (unpaired) electrons. The van der Waals surface area contributed by atoms with Gasteiger partial charge in [0.15, 0.2) is 5.43 Å². The number of aromatic nitrogens is 1. The molecule has 0 unspecified atom stereocenters. The van der Waals surface area contributed by atoms with E-state index in [0.29, 0.717) is 21.7 Å². The van der Waals surface area contributed by atoms with E-state index in [4.69, 9.17) is 21.6 Å². The quantitative estimate of drug-likeness (QED) is 0.821. The van der Waals surface area contributed by atoms with Crippen molar-refractivity contribution in [2.24, 2.45) is 0 Å². The lowest BCUT2D eigenvalue weighted by Crippen LogP contribution is -2.05. The summed E-state index contributed by atoms with van der Waals surface area (Å²) in [4.78, 5) is 14.5. The van der Waals surface area contributed by atoms with E-state index in [1.807, 2.05) is 6.07 Å². The minimum atomic E-state index is -0.297. The minimum Gasteiger partial charge on any atom is -0.495 e. The normalized spacial score (nSPS) is 10.1. The van der Waals surface area contributed by atoms with E-state index in [9.17, 15) is 4.79 Å². The molecule has 80 valence electrons. The standard InChI is InChI=1S/C11H7ClN2O2/c1-16-9-3-2-7(12)10-8(15)4-6(5-13)14-11(9)10/h2-4H,1H3,(H,14,15). The van der Waals surface area contributed by atoms with Crippen LogP contribution in [0.1, 0.15) is 5.69 Å². The van der Waals surface area contributed by atoms with Crippen LogP contribution in [0.25, 0.3) is 10.9 Å². The Bertz CT molecular complexity index is 655. The number of methoxy groups -OCH3 is 1. The van der Waals surface area contributed by atoms with Crippen molar-refractivity contribution in [2.45, 2.75) is 0 Å². The van der Waals surface area contributed by atoms with E-state index in [1.165, 1.54) is 13.2 Å². The largest absolute Gasteiger partial charge is 0.495 e. The molecule has 0 fully saturated rings. The minimum absolute atomic E-state index is 0.179. The number of halogens is 1. The van der Waals surface area contributed by atoms with Gasteiger partial charge in [-0.25, -0.2) is 0 Å². The number of aromatic amines is 1. The van der Waals surface area contributed by atoms with Crippen LogP contribution in [0.2, 0.25) is 5.02 Å². The summed E-state index contributed by atoms with van der Waals surface area (Å²) >= 11 is 5.93. The van der Waals surface area contributed by atoms with Crippen LogP contribution in [0.15, 0.2) is 23.0 Å². The SMILES string of the molecule is COc1ccc(Cl)c2c(=O)cc(C#N)[nH]c12. The molecule has 1 N–H and O–H groups in total. The lowest BCUT2D eigenvalue weighted by molar-refractivity contribution is 0.419. The van der Waals surface area contributed by atoms with E-state index in [-0.39, 0.29) is 11.1 Å². The fraction of sp³-hybridized carbons (Fsp3) is 0.0909. The lowest BCUT2D eigenvalue weighted by atomic mass is 10.2. The molecular weight excluding hydrogens is 228 g/mol. The van der Waals surface area contributed by atoms with E-state index in [0.717, 1.165) is 0 Å². The second kappa shape index (κ2) is 3.87. The Morgan fingerprint density at radius 3 is 2.88 bits per heavy atom. The van der Waals surface area contributed by atoms with Crippen LogP contribution in [-0.2, 0) is 0 Å². The second-order valence-electron chi connectivity index (χ2n) is 3.16. The lowest BCUT2D eigenvalue weighted by Gasteiger charge is -2.06. The second-order valence-corrected chi connectivity index (χ2v) is 3.57. The highest BCUT2D eigenvalue weighted by molar-refractivity contribution is 6.35. The number of pyridine rings is 1. The van der Waals surface area contributed by atoms with Crippen LogP contribution in [0.4, 0.5) is 0 Å². The molecule has 4 nitrogen and oxygen atoms in total. The molecule has 5 heteroatoms. The summed E-state index contributed by atoms with van der Waals surface area (Å²) in [6.45, 7) is 0. The molecule has 0 bridgehead atoms. The molecule has 0 amide bonds. The molecule has 1 aromatic heterocycles. The number of rotatable bonds is 1. The summed E-state index contributed by atoms with van der Waals surface area (Å²) in [6, 6.07) is 6.32. The highest BCUT2D eigenvalue weighted by Gasteiger charge is 2.10. The molecule has 0 saturated carbocycles. The number of hydrogen-bond acceptors (Lipinski definition) is 3. The number of H-pyrrole nitrogens is 1. The number of nitriles is 1. The van der Waals surface area contributed by atoms with Crippen LogP contribution in [-0.4, -0.2) is 12.1 Å². The van der Waals surface area contributed by atoms with Gasteiger partial charge < -0.3 is 9.72 Å². The monoisotopic (exact) mass is 234 g/mol. The summed E-state index contributed by atoms with van der Waals surface area (Å²) in [5.74, 6) is 0.480. The van der Waals surface area contributed by atoms with Crippen molar-refractivity contribution >= 4 is 22.5 Å². The summed E-state index contributed by atoms with van der Waals surface area (Å²) in [5, 5.41) is 9.43. The van der Waals surface area contributed by atoms with Crippen molar-refractivity contribution in [3.8, 4) is 11.8 Å². The zero-order chi connectivity index (χ0) is 11.7. The average Bonchev–Trinajstić information content (AvgIpc) is 2.28. The van der Waals surface area contributed by atoms with E-state index < -0.39 is 0 Å². The Morgan fingerprint density at radius 2 is 2.25 bits per heavy atom. The Balaban J connectivity index is 3.00. The molecular formula is C11H7ClN2O2. The number of fused-ring (bicyclic) bond motifs is 1. The third-order valence-corrected chi connectivity index (χ3v) is 2.55. The number of nitrogens with zero attached hydrogens (tertiary/aromatic N) is 1. The van der Waals surface area contributed by atoms with Crippen molar-refractivity contribution < 1.29 is 4.74 Å². The van der Waals surface area contributed by atoms with Gasteiger partial charge in [0, 0.05) is 6.07 Å². The van der Waals surface area contributed by atoms with Crippen LogP contribution in [0.3, 0.4) is 0 Å². The summed E-state index contributed by atoms with van der Waals surface area (Å²) in [6.07, 6.45) is 0. The van der Waals surface area contributed by atoms with Crippen LogP contribution in [0, 0.1) is 11.3 Å². The first-order valence-electron chi connectivity index (χ1n) is 4.47. The summed E-state index contributed by atoms with van der Waals surface area (Å²) in [7, 11) is 1.49. The van der Waals surface area contributed by atoms with Crippen LogP contribution in [0.5, 0.6) is 5.75 Å². The first kappa shape index (κ1) is 10.5. The third kappa shape index (κ3) is 1.51. The number of benzene rings is 1. The molecule has 0 aliphatic heterocycles. The molecule has 2 rings (SSSR count). The van der Waals surface area contributed by atoms with Gasteiger partial charge in [0.1, 0.15) is 17.5 Å². The summed E-state index contributed by atoms with van der Waals surface area (Å²) in [5.41, 5.74) is 0.325. The van der Waals surface area contributed by atoms with E-state index in [1.54, 1.807) is 12.1 Å². The maximum atomic E-state index is 11.7. The molecule has 0 atom stereocenters. The van der Waals surface area contributed by atoms with Gasteiger partial charge in [-0.1, -0.05) is 11.6 Å². The predicted octanol–water partition coefficient (Wildman–Crippen LogP) is 2.06. The molecule has 0 saturated heterocycles. The fourth-order valence-electron chi connectivity index (χ4n) is 1.53. The van der Waals surface area contributed by atoms with Gasteiger partial charge in [-0.3, -0.25) is 4.79 Å². The maximum Gasteiger partial charge on any atom is 0.192 e. The molecule has 1 heterocycles. The van der Waals surface area contributed by atoms with Crippen LogP contribution >= 0.6 is 11.6 Å². The van der Waals surface area contributed by atoms with Crippen molar-refractivity contribution in [3.63, 3.8) is 0 Å². The number of ether oxygens (including phenoxy) is 1. The predicted molar refractivity (Wildman–Crippen MR) is 60.8 cm³/mol. The highest BCUT2D eigenvalue weighted by Crippen LogP contribution is 2.27. The summed E-state index contributed by atoms with van der Waals surface area (Å²) < 4.78 is 5.10. The first-order valence-corrected chi connectivity index (χ1v) is 4.85. The van der Waals surface area contributed by atoms with Gasteiger partial charge >= 0.3 is 0 Å². The zero-order valence-electron chi connectivity index (χ0n) is 8.37. The third-order valence-electron chi connectivity index (χ3n) is 2.24. The van der Waals surface area contributed by atoms with Crippen molar-refractivity contribution in [1.29, 1.82) is 5.26 Å². The van der Waals surface area contributed by atoms with Gasteiger partial charge in [-0.15, -0.1) is 0 Å². The van der Waals surface area contributed by atoms with Crippen molar-refractivity contribution in [3.05, 3.63) is 39.1 Å². The Hall–Kier alpha value is -1.99.